The Morgan fingerprint density at radius 1 is 0.833 bits per heavy atom. The van der Waals surface area contributed by atoms with E-state index in [1.807, 2.05) is 26.0 Å². The first-order chi connectivity index (χ1) is 17.3. The van der Waals surface area contributed by atoms with Gasteiger partial charge in [0.15, 0.2) is 0 Å². The first-order valence-corrected chi connectivity index (χ1v) is 11.8. The zero-order chi connectivity index (χ0) is 25.7. The van der Waals surface area contributed by atoms with Crippen molar-refractivity contribution in [1.29, 1.82) is 0 Å². The number of benzene rings is 3. The topological polar surface area (TPSA) is 84.9 Å². The number of urea groups is 1. The zero-order valence-electron chi connectivity index (χ0n) is 20.5. The van der Waals surface area contributed by atoms with Crippen LogP contribution < -0.4 is 19.7 Å². The molecule has 7 heteroatoms. The fourth-order valence-electron chi connectivity index (χ4n) is 3.88. The zero-order valence-corrected chi connectivity index (χ0v) is 20.5. The van der Waals surface area contributed by atoms with Crippen LogP contribution in [0.1, 0.15) is 29.2 Å². The largest absolute Gasteiger partial charge is 0.490 e. The van der Waals surface area contributed by atoms with Gasteiger partial charge in [0.2, 0.25) is 0 Å². The monoisotopic (exact) mass is 484 g/mol. The summed E-state index contributed by atoms with van der Waals surface area (Å²) in [6, 6.07) is 19.3. The Morgan fingerprint density at radius 3 is 2.28 bits per heavy atom. The van der Waals surface area contributed by atoms with Gasteiger partial charge in [-0.05, 0) is 79.4 Å². The molecule has 1 N–H and O–H groups in total. The summed E-state index contributed by atoms with van der Waals surface area (Å²) >= 11 is 0. The van der Waals surface area contributed by atoms with E-state index in [0.717, 1.165) is 28.2 Å². The maximum absolute atomic E-state index is 13.1. The van der Waals surface area contributed by atoms with Crippen molar-refractivity contribution in [2.45, 2.75) is 27.2 Å². The van der Waals surface area contributed by atoms with Crippen LogP contribution in [0.2, 0.25) is 0 Å². The van der Waals surface area contributed by atoms with E-state index in [2.05, 4.69) is 18.3 Å². The van der Waals surface area contributed by atoms with Crippen molar-refractivity contribution < 1.29 is 23.9 Å². The van der Waals surface area contributed by atoms with Gasteiger partial charge in [0.25, 0.3) is 11.8 Å². The van der Waals surface area contributed by atoms with E-state index >= 15 is 0 Å². The molecule has 0 bridgehead atoms. The van der Waals surface area contributed by atoms with Crippen molar-refractivity contribution >= 4 is 29.6 Å². The second-order valence-corrected chi connectivity index (χ2v) is 8.57. The molecule has 0 spiro atoms. The number of barbiturate groups is 1. The predicted octanol–water partition coefficient (Wildman–Crippen LogP) is 4.99. The summed E-state index contributed by atoms with van der Waals surface area (Å²) in [7, 11) is 0. The van der Waals surface area contributed by atoms with Crippen LogP contribution >= 0.6 is 0 Å². The average molecular weight is 485 g/mol. The summed E-state index contributed by atoms with van der Waals surface area (Å²) in [6.45, 7) is 6.74. The molecule has 0 atom stereocenters. The molecule has 0 aromatic heterocycles. The lowest BCUT2D eigenvalue weighted by atomic mass is 10.1. The molecule has 1 saturated heterocycles. The van der Waals surface area contributed by atoms with Gasteiger partial charge in [-0.1, -0.05) is 42.8 Å². The quantitative estimate of drug-likeness (QED) is 0.277. The van der Waals surface area contributed by atoms with Gasteiger partial charge in [0.05, 0.1) is 5.69 Å². The van der Waals surface area contributed by atoms with E-state index in [1.54, 1.807) is 48.5 Å². The Balaban J connectivity index is 1.43. The number of amides is 4. The molecule has 0 aliphatic carbocycles. The lowest BCUT2D eigenvalue weighted by Gasteiger charge is -2.26. The van der Waals surface area contributed by atoms with Gasteiger partial charge in [-0.3, -0.25) is 14.9 Å². The number of aryl methyl sites for hydroxylation is 3. The predicted molar refractivity (Wildman–Crippen MR) is 138 cm³/mol. The van der Waals surface area contributed by atoms with Crippen LogP contribution in [0, 0.1) is 13.8 Å². The molecule has 0 saturated carbocycles. The molecular formula is C29H28N2O5. The van der Waals surface area contributed by atoms with Crippen molar-refractivity contribution in [3.8, 4) is 11.5 Å². The summed E-state index contributed by atoms with van der Waals surface area (Å²) in [4.78, 5) is 38.8. The molecule has 1 aliphatic heterocycles. The molecule has 36 heavy (non-hydrogen) atoms. The molecule has 1 aliphatic rings. The van der Waals surface area contributed by atoms with Crippen LogP contribution in [-0.4, -0.2) is 31.1 Å². The van der Waals surface area contributed by atoms with Crippen molar-refractivity contribution in [3.05, 3.63) is 94.6 Å². The molecule has 184 valence electrons. The van der Waals surface area contributed by atoms with Gasteiger partial charge >= 0.3 is 6.03 Å². The third-order valence-corrected chi connectivity index (χ3v) is 5.70. The Kier molecular flexibility index (Phi) is 7.49. The molecule has 0 unspecified atom stereocenters. The summed E-state index contributed by atoms with van der Waals surface area (Å²) in [5.74, 6) is -0.0420. The number of imide groups is 2. The van der Waals surface area contributed by atoms with E-state index in [0.29, 0.717) is 30.2 Å². The van der Waals surface area contributed by atoms with E-state index in [-0.39, 0.29) is 5.57 Å². The SMILES string of the molecule is CCc1cc(C)cc(OCCOc2cccc(C=C3C(=O)NC(=O)N(c4ccc(C)cc4)C3=O)c2)c1. The minimum atomic E-state index is -0.775. The van der Waals surface area contributed by atoms with Crippen molar-refractivity contribution in [1.82, 2.24) is 5.32 Å². The minimum absolute atomic E-state index is 0.137. The smallest absolute Gasteiger partial charge is 0.335 e. The summed E-state index contributed by atoms with van der Waals surface area (Å²) < 4.78 is 11.6. The van der Waals surface area contributed by atoms with Crippen LogP contribution in [0.5, 0.6) is 11.5 Å². The third kappa shape index (κ3) is 5.81. The Bertz CT molecular complexity index is 1330. The molecule has 3 aromatic carbocycles. The number of carbonyl (C=O) groups is 3. The molecule has 4 amide bonds. The highest BCUT2D eigenvalue weighted by atomic mass is 16.5. The van der Waals surface area contributed by atoms with Gasteiger partial charge in [0.1, 0.15) is 30.3 Å². The van der Waals surface area contributed by atoms with Crippen molar-refractivity contribution in [2.24, 2.45) is 0 Å². The standard InChI is InChI=1S/C29H28N2O5/c1-4-21-14-20(3)15-25(16-21)36-13-12-35-24-7-5-6-22(17-24)18-26-27(32)30-29(34)31(28(26)33)23-10-8-19(2)9-11-23/h5-11,14-18H,4,12-13H2,1-3H3,(H,30,32,34). The second kappa shape index (κ2) is 10.9. The first-order valence-electron chi connectivity index (χ1n) is 11.8. The molecule has 3 aromatic rings. The van der Waals surface area contributed by atoms with Gasteiger partial charge < -0.3 is 9.47 Å². The van der Waals surface area contributed by atoms with Crippen LogP contribution in [0.25, 0.3) is 6.08 Å². The molecule has 1 fully saturated rings. The van der Waals surface area contributed by atoms with Gasteiger partial charge in [-0.2, -0.15) is 0 Å². The van der Waals surface area contributed by atoms with E-state index < -0.39 is 17.8 Å². The number of nitrogens with zero attached hydrogens (tertiary/aromatic N) is 1. The molecule has 0 radical (unpaired) electrons. The van der Waals surface area contributed by atoms with Crippen molar-refractivity contribution in [3.63, 3.8) is 0 Å². The maximum atomic E-state index is 13.1. The minimum Gasteiger partial charge on any atom is -0.490 e. The summed E-state index contributed by atoms with van der Waals surface area (Å²) in [5, 5.41) is 2.24. The van der Waals surface area contributed by atoms with Gasteiger partial charge in [-0.25, -0.2) is 9.69 Å². The van der Waals surface area contributed by atoms with Crippen LogP contribution in [0.3, 0.4) is 0 Å². The number of anilines is 1. The van der Waals surface area contributed by atoms with Crippen LogP contribution in [-0.2, 0) is 16.0 Å². The molecular weight excluding hydrogens is 456 g/mol. The second-order valence-electron chi connectivity index (χ2n) is 8.57. The average Bonchev–Trinajstić information content (AvgIpc) is 2.85. The Hall–Kier alpha value is -4.39. The van der Waals surface area contributed by atoms with Crippen molar-refractivity contribution in [2.75, 3.05) is 18.1 Å². The summed E-state index contributed by atoms with van der Waals surface area (Å²) in [5.41, 5.74) is 4.20. The Morgan fingerprint density at radius 2 is 1.56 bits per heavy atom. The highest BCUT2D eigenvalue weighted by Crippen LogP contribution is 2.23. The normalized spacial score (nSPS) is 14.7. The van der Waals surface area contributed by atoms with Gasteiger partial charge in [-0.15, -0.1) is 0 Å². The van der Waals surface area contributed by atoms with E-state index in [9.17, 15) is 14.4 Å². The lowest BCUT2D eigenvalue weighted by Crippen LogP contribution is -2.54. The number of hydrogen-bond donors (Lipinski definition) is 1. The highest BCUT2D eigenvalue weighted by molar-refractivity contribution is 6.39. The lowest BCUT2D eigenvalue weighted by molar-refractivity contribution is -0.122. The Labute approximate surface area is 210 Å². The van der Waals surface area contributed by atoms with E-state index in [4.69, 9.17) is 9.47 Å². The van der Waals surface area contributed by atoms with Crippen LogP contribution in [0.15, 0.2) is 72.3 Å². The number of nitrogens with one attached hydrogen (secondary N) is 1. The fraction of sp³-hybridized carbons (Fsp3) is 0.207. The van der Waals surface area contributed by atoms with Gasteiger partial charge in [0, 0.05) is 0 Å². The van der Waals surface area contributed by atoms with E-state index in [1.165, 1.54) is 11.6 Å². The first kappa shape index (κ1) is 24.7. The van der Waals surface area contributed by atoms with Crippen LogP contribution in [0.4, 0.5) is 10.5 Å². The molecule has 1 heterocycles. The molecule has 7 nitrogen and oxygen atoms in total. The highest BCUT2D eigenvalue weighted by Gasteiger charge is 2.36. The maximum Gasteiger partial charge on any atom is 0.335 e. The number of carbonyl (C=O) groups excluding carboxylic acids is 3. The number of ether oxygens (including phenoxy) is 2. The number of hydrogen-bond acceptors (Lipinski definition) is 5. The molecule has 4 rings (SSSR count). The third-order valence-electron chi connectivity index (χ3n) is 5.70. The number of rotatable bonds is 8. The fourth-order valence-corrected chi connectivity index (χ4v) is 3.88. The summed E-state index contributed by atoms with van der Waals surface area (Å²) in [6.07, 6.45) is 2.39.